The number of aliphatic hydroxyl groups excluding tert-OH is 2. The van der Waals surface area contributed by atoms with Gasteiger partial charge in [-0.1, -0.05) is 30.4 Å². The minimum absolute atomic E-state index is 0.234. The minimum atomic E-state index is -4.17. The van der Waals surface area contributed by atoms with E-state index in [4.69, 9.17) is 30.7 Å². The molecule has 0 saturated carbocycles. The number of carbonyl (C=O) groups is 1. The standard InChI is InChI=1S/C22H32N3O8PS2/c1-12(2)31-21(28)14(4)24-34(29,33-15-8-6-5-7-9-15)30-11-16-17(26)18(27)20(32-16)25-10-13(3)19(35)23-22(25)36/h5-10,12,14,16-18,20,22,26-27,36H,11H2,1-4H3,(H,23,35)(H,24,29)/t14-,16-,17+,18?,20-,22?,34?/m0/s1. The predicted molar refractivity (Wildman–Crippen MR) is 139 cm³/mol. The van der Waals surface area contributed by atoms with Crippen LogP contribution in [-0.4, -0.2) is 74.9 Å². The van der Waals surface area contributed by atoms with Crippen LogP contribution in [0, 0.1) is 0 Å². The SMILES string of the molecule is CC1=CN([C@H]2O[C@@H](COP(=O)(N[C@@H](C)C(=O)OC(C)C)Oc3ccccc3)[C@@H](O)C2O)C(S)NC1=S. The van der Waals surface area contributed by atoms with E-state index in [1.165, 1.54) is 6.92 Å². The van der Waals surface area contributed by atoms with Crippen molar-refractivity contribution >= 4 is 43.6 Å². The van der Waals surface area contributed by atoms with E-state index < -0.39 is 56.4 Å². The average molecular weight is 562 g/mol. The van der Waals surface area contributed by atoms with Gasteiger partial charge in [0.25, 0.3) is 0 Å². The highest BCUT2D eigenvalue weighted by Crippen LogP contribution is 2.45. The van der Waals surface area contributed by atoms with Gasteiger partial charge in [0.05, 0.1) is 12.7 Å². The highest BCUT2D eigenvalue weighted by Gasteiger charge is 2.48. The summed E-state index contributed by atoms with van der Waals surface area (Å²) in [5.74, 6) is -0.409. The van der Waals surface area contributed by atoms with Gasteiger partial charge in [-0.2, -0.15) is 5.09 Å². The average Bonchev–Trinajstić information content (AvgIpc) is 3.08. The first-order chi connectivity index (χ1) is 16.9. The van der Waals surface area contributed by atoms with E-state index in [1.807, 2.05) is 0 Å². The quantitative estimate of drug-likeness (QED) is 0.123. The topological polar surface area (TPSA) is 139 Å². The summed E-state index contributed by atoms with van der Waals surface area (Å²) < 4.78 is 35.8. The Bertz CT molecular complexity index is 1010. The molecule has 200 valence electrons. The number of ether oxygens (including phenoxy) is 2. The van der Waals surface area contributed by atoms with Gasteiger partial charge in [-0.3, -0.25) is 9.32 Å². The molecule has 1 aromatic carbocycles. The molecule has 11 nitrogen and oxygen atoms in total. The molecular weight excluding hydrogens is 529 g/mol. The van der Waals surface area contributed by atoms with Crippen LogP contribution in [0.25, 0.3) is 0 Å². The van der Waals surface area contributed by atoms with E-state index in [9.17, 15) is 19.6 Å². The number of rotatable bonds is 10. The molecule has 1 fully saturated rings. The summed E-state index contributed by atoms with van der Waals surface area (Å²) in [7, 11) is -4.17. The zero-order valence-electron chi connectivity index (χ0n) is 20.3. The van der Waals surface area contributed by atoms with Crippen LogP contribution >= 0.6 is 32.6 Å². The molecule has 1 saturated heterocycles. The predicted octanol–water partition coefficient (Wildman–Crippen LogP) is 1.92. The number of thiol groups is 1. The molecule has 0 aromatic heterocycles. The summed E-state index contributed by atoms with van der Waals surface area (Å²) in [6, 6.07) is 7.24. The van der Waals surface area contributed by atoms with Gasteiger partial charge >= 0.3 is 13.7 Å². The Hall–Kier alpha value is -1.70. The molecule has 0 bridgehead atoms. The van der Waals surface area contributed by atoms with Crippen LogP contribution in [0.5, 0.6) is 5.75 Å². The number of nitrogens with one attached hydrogen (secondary N) is 2. The van der Waals surface area contributed by atoms with Crippen molar-refractivity contribution < 1.29 is 38.1 Å². The molecule has 2 aliphatic rings. The van der Waals surface area contributed by atoms with Crippen LogP contribution in [0.15, 0.2) is 42.1 Å². The van der Waals surface area contributed by atoms with E-state index in [-0.39, 0.29) is 11.9 Å². The monoisotopic (exact) mass is 561 g/mol. The lowest BCUT2D eigenvalue weighted by molar-refractivity contribution is -0.149. The van der Waals surface area contributed by atoms with Crippen LogP contribution in [-0.2, 0) is 23.4 Å². The zero-order valence-corrected chi connectivity index (χ0v) is 22.9. The molecule has 3 unspecified atom stereocenters. The molecule has 0 radical (unpaired) electrons. The van der Waals surface area contributed by atoms with Crippen molar-refractivity contribution in [3.8, 4) is 5.75 Å². The van der Waals surface area contributed by atoms with Crippen molar-refractivity contribution in [1.82, 2.24) is 15.3 Å². The van der Waals surface area contributed by atoms with Crippen molar-refractivity contribution in [3.05, 3.63) is 42.1 Å². The maximum absolute atomic E-state index is 13.6. The third-order valence-corrected chi connectivity index (χ3v) is 7.79. The molecule has 0 amide bonds. The second-order valence-electron chi connectivity index (χ2n) is 8.69. The highest BCUT2D eigenvalue weighted by atomic mass is 32.1. The second-order valence-corrected chi connectivity index (χ2v) is 11.3. The van der Waals surface area contributed by atoms with E-state index in [0.717, 1.165) is 5.57 Å². The minimum Gasteiger partial charge on any atom is -0.462 e. The van der Waals surface area contributed by atoms with Gasteiger partial charge in [-0.25, -0.2) is 4.57 Å². The zero-order chi connectivity index (χ0) is 26.6. The summed E-state index contributed by atoms with van der Waals surface area (Å²) >= 11 is 9.63. The van der Waals surface area contributed by atoms with Crippen molar-refractivity contribution in [1.29, 1.82) is 0 Å². The van der Waals surface area contributed by atoms with Gasteiger partial charge in [0, 0.05) is 6.20 Å². The molecule has 2 aliphatic heterocycles. The van der Waals surface area contributed by atoms with Crippen LogP contribution < -0.4 is 14.9 Å². The van der Waals surface area contributed by atoms with Gasteiger partial charge in [0.15, 0.2) is 6.23 Å². The van der Waals surface area contributed by atoms with E-state index in [0.29, 0.717) is 4.99 Å². The van der Waals surface area contributed by atoms with Gasteiger partial charge in [0.2, 0.25) is 0 Å². The maximum Gasteiger partial charge on any atom is 0.459 e. The van der Waals surface area contributed by atoms with Crippen molar-refractivity contribution in [2.24, 2.45) is 0 Å². The molecule has 14 heteroatoms. The number of esters is 1. The highest BCUT2D eigenvalue weighted by molar-refractivity contribution is 7.82. The Balaban J connectivity index is 1.73. The van der Waals surface area contributed by atoms with Crippen LogP contribution in [0.3, 0.4) is 0 Å². The maximum atomic E-state index is 13.6. The number of nitrogens with zero attached hydrogens (tertiary/aromatic N) is 1. The first-order valence-corrected chi connectivity index (χ1v) is 13.8. The van der Waals surface area contributed by atoms with Crippen molar-refractivity contribution in [3.63, 3.8) is 0 Å². The van der Waals surface area contributed by atoms with Crippen LogP contribution in [0.4, 0.5) is 0 Å². The third-order valence-electron chi connectivity index (χ3n) is 5.31. The molecule has 4 N–H and O–H groups in total. The van der Waals surface area contributed by atoms with Crippen molar-refractivity contribution in [2.45, 2.75) is 69.9 Å². The molecule has 36 heavy (non-hydrogen) atoms. The number of hydrogen-bond donors (Lipinski definition) is 5. The molecule has 0 aliphatic carbocycles. The van der Waals surface area contributed by atoms with Gasteiger partial charge in [-0.05, 0) is 45.4 Å². The Kier molecular flexibility index (Phi) is 9.81. The molecule has 1 aromatic rings. The summed E-state index contributed by atoms with van der Waals surface area (Å²) in [5, 5.41) is 26.8. The van der Waals surface area contributed by atoms with Gasteiger partial charge in [-0.15, -0.1) is 12.6 Å². The van der Waals surface area contributed by atoms with E-state index in [1.54, 1.807) is 62.2 Å². The lowest BCUT2D eigenvalue weighted by atomic mass is 10.1. The fourth-order valence-corrected chi connectivity index (χ4v) is 5.57. The first-order valence-electron chi connectivity index (χ1n) is 11.3. The summed E-state index contributed by atoms with van der Waals surface area (Å²) in [5.41, 5.74) is 0.127. The Morgan fingerprint density at radius 2 is 1.94 bits per heavy atom. The number of aliphatic hydroxyl groups is 2. The van der Waals surface area contributed by atoms with Crippen molar-refractivity contribution in [2.75, 3.05) is 6.61 Å². The van der Waals surface area contributed by atoms with Crippen LogP contribution in [0.1, 0.15) is 27.7 Å². The smallest absolute Gasteiger partial charge is 0.459 e. The Morgan fingerprint density at radius 3 is 2.58 bits per heavy atom. The lowest BCUT2D eigenvalue weighted by Gasteiger charge is -2.38. The lowest BCUT2D eigenvalue weighted by Crippen LogP contribution is -2.53. The molecule has 3 rings (SSSR count). The molecule has 2 heterocycles. The summed E-state index contributed by atoms with van der Waals surface area (Å²) in [6.45, 7) is 6.22. The van der Waals surface area contributed by atoms with Gasteiger partial charge in [0.1, 0.15) is 40.6 Å². The van der Waals surface area contributed by atoms with E-state index >= 15 is 0 Å². The Morgan fingerprint density at radius 1 is 1.28 bits per heavy atom. The largest absolute Gasteiger partial charge is 0.462 e. The third kappa shape index (κ3) is 7.20. The van der Waals surface area contributed by atoms with Gasteiger partial charge < -0.3 is 34.4 Å². The summed E-state index contributed by atoms with van der Waals surface area (Å²) in [6.07, 6.45) is -3.44. The molecule has 7 atom stereocenters. The van der Waals surface area contributed by atoms with Crippen LogP contribution in [0.2, 0.25) is 0 Å². The Labute approximate surface area is 221 Å². The summed E-state index contributed by atoms with van der Waals surface area (Å²) in [4.78, 5) is 14.4. The number of hydrogen-bond acceptors (Lipinski definition) is 11. The fourth-order valence-electron chi connectivity index (χ4n) is 3.49. The number of thiocarbonyl (C=S) groups is 1. The second kappa shape index (κ2) is 12.2. The van der Waals surface area contributed by atoms with E-state index in [2.05, 4.69) is 23.0 Å². The number of para-hydroxylation sites is 1. The molecule has 0 spiro atoms. The molecular formula is C22H32N3O8PS2. The number of benzene rings is 1. The number of carbonyl (C=O) groups excluding carboxylic acids is 1. The first kappa shape index (κ1) is 28.9. The fraction of sp³-hybridized carbons (Fsp3) is 0.545. The normalized spacial score (nSPS) is 28.8.